The normalized spacial score (nSPS) is 10.5. The van der Waals surface area contributed by atoms with E-state index in [9.17, 15) is 4.79 Å². The lowest BCUT2D eigenvalue weighted by Gasteiger charge is -2.01. The number of nitrogens with zero attached hydrogens (tertiary/aromatic N) is 1. The highest BCUT2D eigenvalue weighted by Gasteiger charge is 2.08. The van der Waals surface area contributed by atoms with E-state index in [2.05, 4.69) is 15.3 Å². The molecule has 2 aromatic heterocycles. The number of carbonyl (C=O) groups is 1. The number of aromatic nitrogens is 2. The Morgan fingerprint density at radius 3 is 2.81 bits per heavy atom. The predicted molar refractivity (Wildman–Crippen MR) is 78.8 cm³/mol. The maximum atomic E-state index is 11.7. The zero-order valence-corrected chi connectivity index (χ0v) is 11.4. The molecule has 0 fully saturated rings. The highest BCUT2D eigenvalue weighted by molar-refractivity contribution is 5.91. The van der Waals surface area contributed by atoms with Gasteiger partial charge in [-0.15, -0.1) is 0 Å². The van der Waals surface area contributed by atoms with Gasteiger partial charge in [-0.2, -0.15) is 0 Å². The molecule has 0 aliphatic rings. The Morgan fingerprint density at radius 1 is 1.19 bits per heavy atom. The van der Waals surface area contributed by atoms with Gasteiger partial charge in [0, 0.05) is 30.4 Å². The van der Waals surface area contributed by atoms with Gasteiger partial charge in [-0.3, -0.25) is 4.79 Å². The first-order valence-corrected chi connectivity index (χ1v) is 6.74. The largest absolute Gasteiger partial charge is 0.459 e. The molecule has 0 spiro atoms. The van der Waals surface area contributed by atoms with E-state index in [1.165, 1.54) is 6.26 Å². The summed E-state index contributed by atoms with van der Waals surface area (Å²) in [6.45, 7) is 0.524. The summed E-state index contributed by atoms with van der Waals surface area (Å²) in [7, 11) is 0. The van der Waals surface area contributed by atoms with Crippen molar-refractivity contribution in [2.45, 2.75) is 6.42 Å². The average Bonchev–Trinajstić information content (AvgIpc) is 3.20. The first-order chi connectivity index (χ1) is 10.3. The zero-order valence-electron chi connectivity index (χ0n) is 11.4. The van der Waals surface area contributed by atoms with E-state index >= 15 is 0 Å². The summed E-state index contributed by atoms with van der Waals surface area (Å²) < 4.78 is 5.03. The fourth-order valence-electron chi connectivity index (χ4n) is 2.03. The molecule has 3 rings (SSSR count). The summed E-state index contributed by atoms with van der Waals surface area (Å²) in [5.74, 6) is 0.954. The molecule has 0 bridgehead atoms. The van der Waals surface area contributed by atoms with Gasteiger partial charge < -0.3 is 14.7 Å². The summed E-state index contributed by atoms with van der Waals surface area (Å²) in [5.41, 5.74) is 2.02. The van der Waals surface area contributed by atoms with Crippen molar-refractivity contribution in [3.05, 3.63) is 66.4 Å². The van der Waals surface area contributed by atoms with Crippen LogP contribution in [-0.4, -0.2) is 22.4 Å². The highest BCUT2D eigenvalue weighted by Crippen LogP contribution is 2.14. The number of amides is 1. The van der Waals surface area contributed by atoms with Gasteiger partial charge in [0.2, 0.25) is 0 Å². The molecular weight excluding hydrogens is 266 g/mol. The first-order valence-electron chi connectivity index (χ1n) is 6.74. The average molecular weight is 281 g/mol. The Morgan fingerprint density at radius 2 is 2.05 bits per heavy atom. The number of carbonyl (C=O) groups excluding carboxylic acids is 1. The Bertz CT molecular complexity index is 702. The van der Waals surface area contributed by atoms with Crippen LogP contribution in [0.25, 0.3) is 11.4 Å². The number of H-pyrrole nitrogens is 1. The summed E-state index contributed by atoms with van der Waals surface area (Å²) in [5, 5.41) is 2.80. The lowest BCUT2D eigenvalue weighted by atomic mass is 10.2. The molecule has 5 nitrogen and oxygen atoms in total. The Kier molecular flexibility index (Phi) is 3.82. The molecule has 0 radical (unpaired) electrons. The molecule has 3 aromatic rings. The maximum Gasteiger partial charge on any atom is 0.286 e. The molecule has 106 valence electrons. The summed E-state index contributed by atoms with van der Waals surface area (Å²) in [6.07, 6.45) is 3.96. The van der Waals surface area contributed by atoms with E-state index in [1.54, 1.807) is 18.3 Å². The van der Waals surface area contributed by atoms with Gasteiger partial charge >= 0.3 is 0 Å². The molecule has 0 saturated carbocycles. The van der Waals surface area contributed by atoms with Crippen molar-refractivity contribution in [3.8, 4) is 11.4 Å². The summed E-state index contributed by atoms with van der Waals surface area (Å²) >= 11 is 0. The van der Waals surface area contributed by atoms with Crippen LogP contribution >= 0.6 is 0 Å². The monoisotopic (exact) mass is 281 g/mol. The molecule has 0 atom stereocenters. The molecule has 0 unspecified atom stereocenters. The number of hydrogen-bond acceptors (Lipinski definition) is 3. The van der Waals surface area contributed by atoms with Crippen LogP contribution in [0.1, 0.15) is 16.2 Å². The zero-order chi connectivity index (χ0) is 14.5. The topological polar surface area (TPSA) is 70.9 Å². The highest BCUT2D eigenvalue weighted by atomic mass is 16.3. The number of benzene rings is 1. The van der Waals surface area contributed by atoms with E-state index in [0.29, 0.717) is 18.7 Å². The molecule has 2 heterocycles. The number of imidazole rings is 1. The second-order valence-electron chi connectivity index (χ2n) is 4.61. The van der Waals surface area contributed by atoms with Crippen LogP contribution in [0, 0.1) is 0 Å². The smallest absolute Gasteiger partial charge is 0.286 e. The Hall–Kier alpha value is -2.82. The van der Waals surface area contributed by atoms with E-state index in [-0.39, 0.29) is 5.91 Å². The minimum atomic E-state index is -0.206. The molecular formula is C16H15N3O2. The van der Waals surface area contributed by atoms with Crippen LogP contribution in [0.15, 0.2) is 59.3 Å². The van der Waals surface area contributed by atoms with E-state index in [0.717, 1.165) is 17.1 Å². The van der Waals surface area contributed by atoms with Crippen LogP contribution < -0.4 is 5.32 Å². The third-order valence-corrected chi connectivity index (χ3v) is 3.10. The number of rotatable bonds is 5. The van der Waals surface area contributed by atoms with Crippen molar-refractivity contribution in [2.75, 3.05) is 6.54 Å². The van der Waals surface area contributed by atoms with Gasteiger partial charge in [0.1, 0.15) is 5.82 Å². The molecule has 21 heavy (non-hydrogen) atoms. The van der Waals surface area contributed by atoms with Gasteiger partial charge in [-0.1, -0.05) is 30.3 Å². The molecule has 1 amide bonds. The predicted octanol–water partition coefficient (Wildman–Crippen LogP) is 2.64. The molecule has 1 aromatic carbocycles. The van der Waals surface area contributed by atoms with Crippen LogP contribution in [0.3, 0.4) is 0 Å². The fourth-order valence-corrected chi connectivity index (χ4v) is 2.03. The lowest BCUT2D eigenvalue weighted by molar-refractivity contribution is 0.0926. The molecule has 2 N–H and O–H groups in total. The van der Waals surface area contributed by atoms with Crippen LogP contribution in [0.4, 0.5) is 0 Å². The minimum absolute atomic E-state index is 0.206. The third kappa shape index (κ3) is 3.20. The lowest BCUT2D eigenvalue weighted by Crippen LogP contribution is -2.25. The molecule has 0 saturated heterocycles. The van der Waals surface area contributed by atoms with Gasteiger partial charge in [-0.05, 0) is 12.1 Å². The molecule has 5 heteroatoms. The van der Waals surface area contributed by atoms with E-state index < -0.39 is 0 Å². The second kappa shape index (κ2) is 6.09. The molecule has 0 aliphatic carbocycles. The van der Waals surface area contributed by atoms with Gasteiger partial charge in [0.05, 0.1) is 6.26 Å². The summed E-state index contributed by atoms with van der Waals surface area (Å²) in [4.78, 5) is 19.3. The van der Waals surface area contributed by atoms with Crippen LogP contribution in [0.2, 0.25) is 0 Å². The van der Waals surface area contributed by atoms with Crippen LogP contribution in [-0.2, 0) is 6.42 Å². The van der Waals surface area contributed by atoms with Gasteiger partial charge in [0.15, 0.2) is 5.76 Å². The number of nitrogens with one attached hydrogen (secondary N) is 2. The molecule has 0 aliphatic heterocycles. The van der Waals surface area contributed by atoms with Crippen LogP contribution in [0.5, 0.6) is 0 Å². The van der Waals surface area contributed by atoms with Crippen molar-refractivity contribution >= 4 is 5.91 Å². The van der Waals surface area contributed by atoms with Crippen molar-refractivity contribution in [2.24, 2.45) is 0 Å². The van der Waals surface area contributed by atoms with E-state index in [1.807, 2.05) is 30.3 Å². The second-order valence-corrected chi connectivity index (χ2v) is 4.61. The fraction of sp³-hybridized carbons (Fsp3) is 0.125. The van der Waals surface area contributed by atoms with E-state index in [4.69, 9.17) is 4.42 Å². The standard InChI is InChI=1S/C16H15N3O2/c20-16(14-7-4-10-21-14)17-9-8-13-11-18-15(19-13)12-5-2-1-3-6-12/h1-7,10-11H,8-9H2,(H,17,20)(H,18,19). The van der Waals surface area contributed by atoms with Crippen molar-refractivity contribution in [1.29, 1.82) is 0 Å². The Balaban J connectivity index is 1.55. The number of furan rings is 1. The Labute approximate surface area is 122 Å². The van der Waals surface area contributed by atoms with Crippen molar-refractivity contribution < 1.29 is 9.21 Å². The third-order valence-electron chi connectivity index (χ3n) is 3.10. The van der Waals surface area contributed by atoms with Gasteiger partial charge in [0.25, 0.3) is 5.91 Å². The first kappa shape index (κ1) is 13.2. The maximum absolute atomic E-state index is 11.7. The minimum Gasteiger partial charge on any atom is -0.459 e. The number of aromatic amines is 1. The summed E-state index contributed by atoms with van der Waals surface area (Å²) in [6, 6.07) is 13.2. The van der Waals surface area contributed by atoms with Gasteiger partial charge in [-0.25, -0.2) is 4.98 Å². The SMILES string of the molecule is O=C(NCCc1cnc(-c2ccccc2)[nH]1)c1ccco1. The quantitative estimate of drug-likeness (QED) is 0.755. The number of hydrogen-bond donors (Lipinski definition) is 2. The van der Waals surface area contributed by atoms with Crippen molar-refractivity contribution in [3.63, 3.8) is 0 Å². The van der Waals surface area contributed by atoms with Crippen molar-refractivity contribution in [1.82, 2.24) is 15.3 Å².